The van der Waals surface area contributed by atoms with Gasteiger partial charge in [-0.2, -0.15) is 0 Å². The van der Waals surface area contributed by atoms with Crippen LogP contribution >= 0.6 is 12.2 Å². The molecule has 3 aromatic carbocycles. The molecule has 0 fully saturated rings. The van der Waals surface area contributed by atoms with Crippen LogP contribution in [0.3, 0.4) is 0 Å². The molecule has 168 valence electrons. The van der Waals surface area contributed by atoms with Crippen molar-refractivity contribution in [3.8, 4) is 28.7 Å². The van der Waals surface area contributed by atoms with Gasteiger partial charge in [-0.15, -0.1) is 0 Å². The molecule has 1 heterocycles. The molecule has 9 heteroatoms. The van der Waals surface area contributed by atoms with Crippen molar-refractivity contribution in [3.63, 3.8) is 0 Å². The zero-order valence-corrected chi connectivity index (χ0v) is 19.0. The van der Waals surface area contributed by atoms with E-state index in [1.54, 1.807) is 32.4 Å². The number of fused-ring (bicyclic) bond motifs is 1. The lowest BCUT2D eigenvalue weighted by molar-refractivity contribution is 0.0974. The van der Waals surface area contributed by atoms with Crippen LogP contribution in [0.15, 0.2) is 65.1 Å². The van der Waals surface area contributed by atoms with Crippen molar-refractivity contribution in [3.05, 3.63) is 66.2 Å². The molecule has 1 amide bonds. The summed E-state index contributed by atoms with van der Waals surface area (Å²) < 4.78 is 21.5. The molecule has 0 aliphatic rings. The van der Waals surface area contributed by atoms with Crippen LogP contribution < -0.4 is 24.8 Å². The number of benzene rings is 3. The summed E-state index contributed by atoms with van der Waals surface area (Å²) in [6.07, 6.45) is 0. The Morgan fingerprint density at radius 2 is 1.70 bits per heavy atom. The number of nitrogens with zero attached hydrogens (tertiary/aromatic N) is 1. The number of carbonyl (C=O) groups excluding carboxylic acids is 1. The van der Waals surface area contributed by atoms with Crippen molar-refractivity contribution < 1.29 is 23.4 Å². The Bertz CT molecular complexity index is 1330. The number of amides is 1. The Morgan fingerprint density at radius 3 is 2.45 bits per heavy atom. The first kappa shape index (κ1) is 22.1. The van der Waals surface area contributed by atoms with Crippen LogP contribution in [0.4, 0.5) is 5.69 Å². The highest BCUT2D eigenvalue weighted by Gasteiger charge is 2.15. The van der Waals surface area contributed by atoms with Gasteiger partial charge in [0.1, 0.15) is 22.8 Å². The number of methoxy groups -OCH3 is 3. The van der Waals surface area contributed by atoms with Gasteiger partial charge in [-0.05, 0) is 54.7 Å². The number of nitrogens with one attached hydrogen (secondary N) is 2. The smallest absolute Gasteiger partial charge is 0.261 e. The molecule has 0 bridgehead atoms. The number of hydrogen-bond acceptors (Lipinski definition) is 7. The molecule has 8 nitrogen and oxygen atoms in total. The van der Waals surface area contributed by atoms with Crippen molar-refractivity contribution in [2.75, 3.05) is 26.6 Å². The number of thiocarbonyl (C=S) groups is 1. The van der Waals surface area contributed by atoms with Gasteiger partial charge in [0.25, 0.3) is 5.91 Å². The summed E-state index contributed by atoms with van der Waals surface area (Å²) in [7, 11) is 4.62. The highest BCUT2D eigenvalue weighted by atomic mass is 32.1. The zero-order chi connectivity index (χ0) is 23.4. The third-order valence-electron chi connectivity index (χ3n) is 4.84. The van der Waals surface area contributed by atoms with Crippen LogP contribution in [0.2, 0.25) is 0 Å². The van der Waals surface area contributed by atoms with Crippen LogP contribution in [-0.2, 0) is 0 Å². The molecule has 1 aromatic heterocycles. The number of oxazole rings is 1. The molecule has 0 spiro atoms. The third kappa shape index (κ3) is 4.88. The van der Waals surface area contributed by atoms with Crippen LogP contribution in [0.25, 0.3) is 22.6 Å². The van der Waals surface area contributed by atoms with Gasteiger partial charge in [0.05, 0.1) is 26.9 Å². The van der Waals surface area contributed by atoms with Crippen molar-refractivity contribution in [1.29, 1.82) is 0 Å². The fraction of sp³-hybridized carbons (Fsp3) is 0.125. The molecule has 0 aliphatic carbocycles. The molecule has 33 heavy (non-hydrogen) atoms. The minimum Gasteiger partial charge on any atom is -0.497 e. The van der Waals surface area contributed by atoms with Crippen molar-refractivity contribution >= 4 is 40.0 Å². The van der Waals surface area contributed by atoms with E-state index in [0.29, 0.717) is 45.5 Å². The first-order valence-corrected chi connectivity index (χ1v) is 10.3. The van der Waals surface area contributed by atoms with Crippen LogP contribution in [0, 0.1) is 0 Å². The minimum absolute atomic E-state index is 0.136. The maximum Gasteiger partial charge on any atom is 0.261 e. The summed E-state index contributed by atoms with van der Waals surface area (Å²) in [6, 6.07) is 17.7. The van der Waals surface area contributed by atoms with Gasteiger partial charge in [-0.25, -0.2) is 4.98 Å². The second-order valence-corrected chi connectivity index (χ2v) is 7.32. The highest BCUT2D eigenvalue weighted by molar-refractivity contribution is 7.80. The zero-order valence-electron chi connectivity index (χ0n) is 18.2. The molecule has 0 atom stereocenters. The number of carbonyl (C=O) groups is 1. The quantitative estimate of drug-likeness (QED) is 0.399. The number of hydrogen-bond donors (Lipinski definition) is 2. The van der Waals surface area contributed by atoms with E-state index < -0.39 is 5.91 Å². The molecule has 0 radical (unpaired) electrons. The Balaban J connectivity index is 1.48. The predicted octanol–water partition coefficient (Wildman–Crippen LogP) is 4.65. The van der Waals surface area contributed by atoms with Gasteiger partial charge >= 0.3 is 0 Å². The second kappa shape index (κ2) is 9.58. The average Bonchev–Trinajstić information content (AvgIpc) is 3.27. The molecule has 0 unspecified atom stereocenters. The van der Waals surface area contributed by atoms with Crippen LogP contribution in [0.5, 0.6) is 17.2 Å². The van der Waals surface area contributed by atoms with Gasteiger partial charge in [0, 0.05) is 23.4 Å². The Kier molecular flexibility index (Phi) is 6.41. The van der Waals surface area contributed by atoms with Crippen LogP contribution in [0.1, 0.15) is 10.4 Å². The molecule has 0 saturated heterocycles. The molecular formula is C24H21N3O5S. The molecule has 0 aliphatic heterocycles. The van der Waals surface area contributed by atoms with Gasteiger partial charge in [-0.1, -0.05) is 6.07 Å². The number of rotatable bonds is 6. The van der Waals surface area contributed by atoms with Crippen molar-refractivity contribution in [2.24, 2.45) is 0 Å². The fourth-order valence-electron chi connectivity index (χ4n) is 3.21. The summed E-state index contributed by atoms with van der Waals surface area (Å²) in [5.74, 6) is 1.71. The lowest BCUT2D eigenvalue weighted by atomic mass is 10.1. The monoisotopic (exact) mass is 463 g/mol. The fourth-order valence-corrected chi connectivity index (χ4v) is 3.42. The Hall–Kier alpha value is -4.11. The van der Waals surface area contributed by atoms with Gasteiger partial charge in [0.2, 0.25) is 5.89 Å². The van der Waals surface area contributed by atoms with Gasteiger partial charge in [0.15, 0.2) is 10.7 Å². The summed E-state index contributed by atoms with van der Waals surface area (Å²) in [6.45, 7) is 0. The number of anilines is 1. The van der Waals surface area contributed by atoms with E-state index in [2.05, 4.69) is 15.6 Å². The van der Waals surface area contributed by atoms with Gasteiger partial charge < -0.3 is 23.9 Å². The molecule has 4 aromatic rings. The van der Waals surface area contributed by atoms with E-state index in [4.69, 9.17) is 30.8 Å². The van der Waals surface area contributed by atoms with E-state index in [0.717, 1.165) is 5.56 Å². The first-order chi connectivity index (χ1) is 16.0. The number of aromatic nitrogens is 1. The van der Waals surface area contributed by atoms with Gasteiger partial charge in [-0.3, -0.25) is 10.1 Å². The summed E-state index contributed by atoms with van der Waals surface area (Å²) >= 11 is 5.32. The maximum atomic E-state index is 12.7. The molecular weight excluding hydrogens is 442 g/mol. The summed E-state index contributed by atoms with van der Waals surface area (Å²) in [5, 5.41) is 5.80. The number of ether oxygens (including phenoxy) is 3. The predicted molar refractivity (Wildman–Crippen MR) is 129 cm³/mol. The lowest BCUT2D eigenvalue weighted by Gasteiger charge is -2.13. The van der Waals surface area contributed by atoms with E-state index >= 15 is 0 Å². The van der Waals surface area contributed by atoms with Crippen molar-refractivity contribution in [2.45, 2.75) is 0 Å². The van der Waals surface area contributed by atoms with Crippen molar-refractivity contribution in [1.82, 2.24) is 10.3 Å². The van der Waals surface area contributed by atoms with E-state index in [1.807, 2.05) is 42.5 Å². The van der Waals surface area contributed by atoms with E-state index in [9.17, 15) is 4.79 Å². The topological polar surface area (TPSA) is 94.9 Å². The van der Waals surface area contributed by atoms with Crippen LogP contribution in [-0.4, -0.2) is 37.3 Å². The largest absolute Gasteiger partial charge is 0.497 e. The SMILES string of the molecule is COc1ccc(C(=O)NC(=S)Nc2cccc(-c3nc4cc(OC)ccc4o3)c2)c(OC)c1. The second-order valence-electron chi connectivity index (χ2n) is 6.91. The Labute approximate surface area is 195 Å². The summed E-state index contributed by atoms with van der Waals surface area (Å²) in [5.41, 5.74) is 3.10. The lowest BCUT2D eigenvalue weighted by Crippen LogP contribution is -2.34. The Morgan fingerprint density at radius 1 is 0.939 bits per heavy atom. The summed E-state index contributed by atoms with van der Waals surface area (Å²) in [4.78, 5) is 17.2. The minimum atomic E-state index is -0.406. The maximum absolute atomic E-state index is 12.7. The van der Waals surface area contributed by atoms with E-state index in [1.165, 1.54) is 7.11 Å². The molecule has 2 N–H and O–H groups in total. The standard InChI is InChI=1S/C24H21N3O5S/c1-29-16-8-10-20-19(12-16)26-23(32-20)14-5-4-6-15(11-14)25-24(33)27-22(28)18-9-7-17(30-2)13-21(18)31-3/h4-13H,1-3H3,(H2,25,27,28,33). The molecule has 4 rings (SSSR count). The first-order valence-electron chi connectivity index (χ1n) is 9.90. The molecule has 0 saturated carbocycles. The highest BCUT2D eigenvalue weighted by Crippen LogP contribution is 2.28. The third-order valence-corrected chi connectivity index (χ3v) is 5.05. The normalized spacial score (nSPS) is 10.5. The average molecular weight is 464 g/mol. The van der Waals surface area contributed by atoms with E-state index in [-0.39, 0.29) is 5.11 Å².